The lowest BCUT2D eigenvalue weighted by Gasteiger charge is -2.09. The van der Waals surface area contributed by atoms with Crippen molar-refractivity contribution in [2.24, 2.45) is 0 Å². The van der Waals surface area contributed by atoms with Crippen molar-refractivity contribution in [3.05, 3.63) is 48.5 Å². The fourth-order valence-corrected chi connectivity index (χ4v) is 1.86. The van der Waals surface area contributed by atoms with Crippen molar-refractivity contribution in [2.75, 3.05) is 18.5 Å². The van der Waals surface area contributed by atoms with E-state index in [0.717, 1.165) is 5.75 Å². The fourth-order valence-electron chi connectivity index (χ4n) is 1.86. The monoisotopic (exact) mass is 337 g/mol. The minimum atomic E-state index is -2.88. The molecule has 7 heteroatoms. The van der Waals surface area contributed by atoms with E-state index in [9.17, 15) is 13.6 Å². The summed E-state index contributed by atoms with van der Waals surface area (Å²) >= 11 is 0. The van der Waals surface area contributed by atoms with Crippen LogP contribution in [-0.4, -0.2) is 25.7 Å². The zero-order chi connectivity index (χ0) is 17.4. The molecular formula is C17H17F2NO4. The van der Waals surface area contributed by atoms with Gasteiger partial charge in [0, 0.05) is 5.69 Å². The quantitative estimate of drug-likeness (QED) is 0.798. The van der Waals surface area contributed by atoms with Crippen LogP contribution in [0.1, 0.15) is 6.92 Å². The Morgan fingerprint density at radius 3 is 2.04 bits per heavy atom. The van der Waals surface area contributed by atoms with E-state index in [0.29, 0.717) is 18.0 Å². The molecule has 0 aromatic heterocycles. The number of anilines is 1. The van der Waals surface area contributed by atoms with E-state index in [2.05, 4.69) is 10.1 Å². The summed E-state index contributed by atoms with van der Waals surface area (Å²) in [6.07, 6.45) is 0. The normalized spacial score (nSPS) is 10.3. The van der Waals surface area contributed by atoms with Gasteiger partial charge in [-0.2, -0.15) is 8.78 Å². The van der Waals surface area contributed by atoms with E-state index in [1.54, 1.807) is 24.3 Å². The van der Waals surface area contributed by atoms with Crippen molar-refractivity contribution in [3.63, 3.8) is 0 Å². The Hall–Kier alpha value is -2.83. The van der Waals surface area contributed by atoms with E-state index in [1.807, 2.05) is 6.92 Å². The molecule has 0 saturated heterocycles. The number of hydrogen-bond donors (Lipinski definition) is 1. The van der Waals surface area contributed by atoms with Crippen molar-refractivity contribution in [3.8, 4) is 17.2 Å². The first kappa shape index (κ1) is 17.5. The van der Waals surface area contributed by atoms with Gasteiger partial charge < -0.3 is 19.5 Å². The van der Waals surface area contributed by atoms with E-state index < -0.39 is 6.61 Å². The second-order valence-corrected chi connectivity index (χ2v) is 4.64. The summed E-state index contributed by atoms with van der Waals surface area (Å²) in [7, 11) is 0. The molecular weight excluding hydrogens is 320 g/mol. The average molecular weight is 337 g/mol. The average Bonchev–Trinajstić information content (AvgIpc) is 2.56. The molecule has 0 aliphatic heterocycles. The molecule has 0 spiro atoms. The van der Waals surface area contributed by atoms with Crippen LogP contribution in [0.15, 0.2) is 48.5 Å². The van der Waals surface area contributed by atoms with Gasteiger partial charge in [0.15, 0.2) is 6.61 Å². The van der Waals surface area contributed by atoms with Gasteiger partial charge in [0.2, 0.25) is 0 Å². The molecule has 0 heterocycles. The van der Waals surface area contributed by atoms with Gasteiger partial charge in [0.25, 0.3) is 5.91 Å². The third-order valence-electron chi connectivity index (χ3n) is 2.87. The van der Waals surface area contributed by atoms with Crippen LogP contribution in [0.25, 0.3) is 0 Å². The first-order chi connectivity index (χ1) is 11.6. The largest absolute Gasteiger partial charge is 0.494 e. The predicted octanol–water partition coefficient (Wildman–Crippen LogP) is 3.70. The number of hydrogen-bond acceptors (Lipinski definition) is 4. The number of carbonyl (C=O) groups excluding carboxylic acids is 1. The summed E-state index contributed by atoms with van der Waals surface area (Å²) in [5.41, 5.74) is 0.455. The number of ether oxygens (including phenoxy) is 3. The molecule has 0 aliphatic rings. The van der Waals surface area contributed by atoms with Crippen molar-refractivity contribution in [2.45, 2.75) is 13.5 Å². The SMILES string of the molecule is CCOc1ccc(OCC(=O)Nc2ccc(OC(F)F)cc2)cc1. The Morgan fingerprint density at radius 2 is 1.50 bits per heavy atom. The van der Waals surface area contributed by atoms with Crippen LogP contribution in [0.4, 0.5) is 14.5 Å². The zero-order valence-electron chi connectivity index (χ0n) is 13.0. The molecule has 2 rings (SSSR count). The lowest BCUT2D eigenvalue weighted by molar-refractivity contribution is -0.118. The number of carbonyl (C=O) groups is 1. The Kier molecular flexibility index (Phi) is 6.36. The Labute approximate surface area is 138 Å². The topological polar surface area (TPSA) is 56.8 Å². The van der Waals surface area contributed by atoms with E-state index in [4.69, 9.17) is 9.47 Å². The Morgan fingerprint density at radius 1 is 0.958 bits per heavy atom. The number of rotatable bonds is 8. The first-order valence-electron chi connectivity index (χ1n) is 7.27. The van der Waals surface area contributed by atoms with Crippen LogP contribution >= 0.6 is 0 Å². The van der Waals surface area contributed by atoms with Crippen molar-refractivity contribution >= 4 is 11.6 Å². The molecule has 24 heavy (non-hydrogen) atoms. The Bertz CT molecular complexity index is 645. The highest BCUT2D eigenvalue weighted by molar-refractivity contribution is 5.91. The molecule has 0 fully saturated rings. The second-order valence-electron chi connectivity index (χ2n) is 4.64. The highest BCUT2D eigenvalue weighted by Crippen LogP contribution is 2.19. The molecule has 128 valence electrons. The van der Waals surface area contributed by atoms with E-state index >= 15 is 0 Å². The summed E-state index contributed by atoms with van der Waals surface area (Å²) in [6, 6.07) is 12.5. The van der Waals surface area contributed by atoms with Crippen molar-refractivity contribution < 1.29 is 27.8 Å². The maximum absolute atomic E-state index is 12.0. The predicted molar refractivity (Wildman–Crippen MR) is 84.8 cm³/mol. The molecule has 0 aliphatic carbocycles. The summed E-state index contributed by atoms with van der Waals surface area (Å²) < 4.78 is 39.0. The summed E-state index contributed by atoms with van der Waals surface area (Å²) in [6.45, 7) is -0.596. The highest BCUT2D eigenvalue weighted by Gasteiger charge is 2.06. The minimum Gasteiger partial charge on any atom is -0.494 e. The Balaban J connectivity index is 1.80. The first-order valence-corrected chi connectivity index (χ1v) is 7.27. The van der Waals surface area contributed by atoms with Gasteiger partial charge in [-0.15, -0.1) is 0 Å². The van der Waals surface area contributed by atoms with Crippen molar-refractivity contribution in [1.82, 2.24) is 0 Å². The van der Waals surface area contributed by atoms with Gasteiger partial charge >= 0.3 is 6.61 Å². The van der Waals surface area contributed by atoms with Crippen LogP contribution in [-0.2, 0) is 4.79 Å². The van der Waals surface area contributed by atoms with Gasteiger partial charge in [-0.05, 0) is 55.5 Å². The maximum Gasteiger partial charge on any atom is 0.387 e. The molecule has 1 amide bonds. The molecule has 0 bridgehead atoms. The van der Waals surface area contributed by atoms with Gasteiger partial charge in [0.1, 0.15) is 17.2 Å². The van der Waals surface area contributed by atoms with Gasteiger partial charge in [-0.1, -0.05) is 0 Å². The molecule has 0 atom stereocenters. The lowest BCUT2D eigenvalue weighted by Crippen LogP contribution is -2.20. The molecule has 0 radical (unpaired) electrons. The van der Waals surface area contributed by atoms with Crippen LogP contribution in [0.5, 0.6) is 17.2 Å². The minimum absolute atomic E-state index is 0.0219. The molecule has 5 nitrogen and oxygen atoms in total. The van der Waals surface area contributed by atoms with E-state index in [1.165, 1.54) is 24.3 Å². The number of halogens is 2. The number of amides is 1. The smallest absolute Gasteiger partial charge is 0.387 e. The maximum atomic E-state index is 12.0. The fraction of sp³-hybridized carbons (Fsp3) is 0.235. The summed E-state index contributed by atoms with van der Waals surface area (Å²) in [5, 5.41) is 2.59. The standard InChI is InChI=1S/C17H17F2NO4/c1-2-22-13-7-9-14(10-8-13)23-11-16(21)20-12-3-5-15(6-4-12)24-17(18)19/h3-10,17H,2,11H2,1H3,(H,20,21). The lowest BCUT2D eigenvalue weighted by atomic mass is 10.3. The summed E-state index contributed by atoms with van der Waals surface area (Å²) in [4.78, 5) is 11.8. The number of benzene rings is 2. The highest BCUT2D eigenvalue weighted by atomic mass is 19.3. The van der Waals surface area contributed by atoms with Gasteiger partial charge in [-0.25, -0.2) is 0 Å². The van der Waals surface area contributed by atoms with Crippen LogP contribution in [0.3, 0.4) is 0 Å². The molecule has 0 saturated carbocycles. The van der Waals surface area contributed by atoms with E-state index in [-0.39, 0.29) is 18.3 Å². The number of alkyl halides is 2. The molecule has 2 aromatic rings. The van der Waals surface area contributed by atoms with Crippen LogP contribution < -0.4 is 19.5 Å². The third kappa shape index (κ3) is 5.75. The van der Waals surface area contributed by atoms with Gasteiger partial charge in [0.05, 0.1) is 6.61 Å². The van der Waals surface area contributed by atoms with Crippen molar-refractivity contribution in [1.29, 1.82) is 0 Å². The summed E-state index contributed by atoms with van der Waals surface area (Å²) in [5.74, 6) is 0.912. The third-order valence-corrected chi connectivity index (χ3v) is 2.87. The molecule has 0 unspecified atom stereocenters. The van der Waals surface area contributed by atoms with Gasteiger partial charge in [-0.3, -0.25) is 4.79 Å². The van der Waals surface area contributed by atoms with Crippen LogP contribution in [0.2, 0.25) is 0 Å². The molecule has 2 aromatic carbocycles. The second kappa shape index (κ2) is 8.71. The molecule has 1 N–H and O–H groups in total. The number of nitrogens with one attached hydrogen (secondary N) is 1. The van der Waals surface area contributed by atoms with Crippen LogP contribution in [0, 0.1) is 0 Å². The zero-order valence-corrected chi connectivity index (χ0v) is 13.0.